The Hall–Kier alpha value is -1.39. The number of hydrogen-bond acceptors (Lipinski definition) is 2. The average molecular weight is 363 g/mol. The molecule has 0 bridgehead atoms. The van der Waals surface area contributed by atoms with E-state index in [0.717, 1.165) is 0 Å². The van der Waals surface area contributed by atoms with E-state index in [4.69, 9.17) is 0 Å². The normalized spacial score (nSPS) is 10.5. The number of thiazole rings is 1. The lowest BCUT2D eigenvalue weighted by atomic mass is 10.2. The summed E-state index contributed by atoms with van der Waals surface area (Å²) in [6, 6.07) is 15.4. The van der Waals surface area contributed by atoms with Crippen molar-refractivity contribution >= 4 is 27.2 Å². The van der Waals surface area contributed by atoms with E-state index >= 15 is 0 Å². The van der Waals surface area contributed by atoms with Crippen LogP contribution in [0.2, 0.25) is 0 Å². The number of nitrogens with zero attached hydrogens (tertiary/aromatic N) is 2. The number of aromatic nitrogens is 1. The van der Waals surface area contributed by atoms with Gasteiger partial charge in [-0.1, -0.05) is 17.4 Å². The number of aryl methyl sites for hydroxylation is 2. The molecule has 0 amide bonds. The van der Waals surface area contributed by atoms with Gasteiger partial charge in [0.15, 0.2) is 0 Å². The van der Waals surface area contributed by atoms with Gasteiger partial charge >= 0.3 is 0 Å². The van der Waals surface area contributed by atoms with Gasteiger partial charge in [0.25, 0.3) is 5.01 Å². The van der Waals surface area contributed by atoms with Gasteiger partial charge in [-0.25, -0.2) is 0 Å². The maximum Gasteiger partial charge on any atom is 0.269 e. The van der Waals surface area contributed by atoms with Crippen molar-refractivity contribution in [3.05, 3.63) is 48.0 Å². The minimum atomic E-state index is 0. The number of fused-ring (bicyclic) bond motifs is 1. The Morgan fingerprint density at radius 2 is 1.67 bits per heavy atom. The lowest BCUT2D eigenvalue weighted by Gasteiger charge is -2.11. The highest BCUT2D eigenvalue weighted by molar-refractivity contribution is 7.21. The van der Waals surface area contributed by atoms with Crippen LogP contribution in [0.25, 0.3) is 20.8 Å². The topological polar surface area (TPSA) is 7.12 Å². The van der Waals surface area contributed by atoms with Crippen LogP contribution in [0.3, 0.4) is 0 Å². The molecule has 0 atom stereocenters. The fraction of sp³-hybridized carbons (Fsp3) is 0.235. The molecule has 0 radical (unpaired) electrons. The Balaban J connectivity index is 0.00000161. The van der Waals surface area contributed by atoms with Crippen LogP contribution in [0.1, 0.15) is 5.56 Å². The fourth-order valence-electron chi connectivity index (χ4n) is 2.42. The van der Waals surface area contributed by atoms with Crippen LogP contribution >= 0.6 is 11.3 Å². The van der Waals surface area contributed by atoms with Crippen LogP contribution < -0.4 is 26.4 Å². The third-order valence-corrected chi connectivity index (χ3v) is 4.87. The van der Waals surface area contributed by atoms with E-state index in [1.165, 1.54) is 32.0 Å². The quantitative estimate of drug-likeness (QED) is 0.611. The molecule has 0 aliphatic heterocycles. The Kier molecular flexibility index (Phi) is 4.69. The molecule has 0 aliphatic rings. The monoisotopic (exact) mass is 362 g/mol. The Labute approximate surface area is 140 Å². The molecule has 0 unspecified atom stereocenters. The Morgan fingerprint density at radius 1 is 1.00 bits per heavy atom. The van der Waals surface area contributed by atoms with Crippen molar-refractivity contribution < 1.29 is 21.5 Å². The number of rotatable bonds is 2. The second-order valence-electron chi connectivity index (χ2n) is 5.38. The second-order valence-corrected chi connectivity index (χ2v) is 6.41. The van der Waals surface area contributed by atoms with Gasteiger partial charge in [0.05, 0.1) is 5.56 Å². The summed E-state index contributed by atoms with van der Waals surface area (Å²) in [6.07, 6.45) is 0. The molecule has 2 nitrogen and oxygen atoms in total. The van der Waals surface area contributed by atoms with Gasteiger partial charge in [0.1, 0.15) is 11.7 Å². The largest absolute Gasteiger partial charge is 1.00 e. The van der Waals surface area contributed by atoms with Gasteiger partial charge in [-0.3, -0.25) is 0 Å². The molecular formula is C17H19BrN2S. The first-order chi connectivity index (χ1) is 9.56. The number of benzene rings is 2. The second kappa shape index (κ2) is 6.16. The number of anilines is 1. The van der Waals surface area contributed by atoms with Gasteiger partial charge in [-0.15, -0.1) is 0 Å². The molecule has 0 saturated heterocycles. The van der Waals surface area contributed by atoms with E-state index in [2.05, 4.69) is 80.0 Å². The molecule has 0 fully saturated rings. The predicted molar refractivity (Wildman–Crippen MR) is 87.5 cm³/mol. The molecule has 0 aliphatic carbocycles. The van der Waals surface area contributed by atoms with Crippen molar-refractivity contribution in [1.29, 1.82) is 0 Å². The first kappa shape index (κ1) is 16.0. The Bertz CT molecular complexity index is 760. The van der Waals surface area contributed by atoms with Gasteiger partial charge in [0, 0.05) is 25.8 Å². The molecule has 1 heterocycles. The van der Waals surface area contributed by atoms with Crippen molar-refractivity contribution in [2.24, 2.45) is 7.05 Å². The highest BCUT2D eigenvalue weighted by Crippen LogP contribution is 2.29. The smallest absolute Gasteiger partial charge is 0.269 e. The van der Waals surface area contributed by atoms with Crippen LogP contribution in [0, 0.1) is 6.92 Å². The van der Waals surface area contributed by atoms with E-state index in [0.29, 0.717) is 0 Å². The van der Waals surface area contributed by atoms with E-state index < -0.39 is 0 Å². The van der Waals surface area contributed by atoms with Crippen LogP contribution in [0.5, 0.6) is 0 Å². The molecule has 0 spiro atoms. The maximum absolute atomic E-state index is 2.28. The zero-order chi connectivity index (χ0) is 14.3. The summed E-state index contributed by atoms with van der Waals surface area (Å²) >= 11 is 1.85. The SMILES string of the molecule is Cc1ccc2c(c1)sc(-c1ccc(N(C)C)cc1)[n+]2C.[Br-]. The number of halogens is 1. The molecule has 0 saturated carbocycles. The van der Waals surface area contributed by atoms with Gasteiger partial charge in [-0.05, 0) is 42.8 Å². The molecule has 0 N–H and O–H groups in total. The van der Waals surface area contributed by atoms with Crippen molar-refractivity contribution in [2.45, 2.75) is 6.92 Å². The highest BCUT2D eigenvalue weighted by atomic mass is 79.9. The highest BCUT2D eigenvalue weighted by Gasteiger charge is 2.18. The van der Waals surface area contributed by atoms with Crippen molar-refractivity contribution in [3.8, 4) is 10.6 Å². The molecule has 2 aromatic carbocycles. The summed E-state index contributed by atoms with van der Waals surface area (Å²) in [4.78, 5) is 2.12. The summed E-state index contributed by atoms with van der Waals surface area (Å²) in [5.41, 5.74) is 5.12. The lowest BCUT2D eigenvalue weighted by molar-refractivity contribution is -0.629. The fourth-order valence-corrected chi connectivity index (χ4v) is 3.67. The first-order valence-electron chi connectivity index (χ1n) is 6.73. The van der Waals surface area contributed by atoms with E-state index in [9.17, 15) is 0 Å². The first-order valence-corrected chi connectivity index (χ1v) is 7.55. The van der Waals surface area contributed by atoms with E-state index in [1.54, 1.807) is 0 Å². The van der Waals surface area contributed by atoms with Crippen molar-refractivity contribution in [1.82, 2.24) is 0 Å². The third-order valence-electron chi connectivity index (χ3n) is 3.62. The van der Waals surface area contributed by atoms with Gasteiger partial charge in [0.2, 0.25) is 5.52 Å². The Morgan fingerprint density at radius 3 is 2.29 bits per heavy atom. The molecule has 110 valence electrons. The minimum absolute atomic E-state index is 0. The van der Waals surface area contributed by atoms with Crippen molar-refractivity contribution in [2.75, 3.05) is 19.0 Å². The molecule has 21 heavy (non-hydrogen) atoms. The molecule has 3 aromatic rings. The van der Waals surface area contributed by atoms with Crippen LogP contribution in [0.4, 0.5) is 5.69 Å². The zero-order valence-corrected chi connectivity index (χ0v) is 15.1. The summed E-state index contributed by atoms with van der Waals surface area (Å²) in [5, 5.41) is 1.30. The molecule has 1 aromatic heterocycles. The molecule has 4 heteroatoms. The van der Waals surface area contributed by atoms with E-state index in [1.807, 2.05) is 11.3 Å². The van der Waals surface area contributed by atoms with Gasteiger partial charge in [-0.2, -0.15) is 4.57 Å². The minimum Gasteiger partial charge on any atom is -1.00 e. The summed E-state index contributed by atoms with van der Waals surface area (Å²) in [5.74, 6) is 0. The van der Waals surface area contributed by atoms with E-state index in [-0.39, 0.29) is 17.0 Å². The summed E-state index contributed by atoms with van der Waals surface area (Å²) in [7, 11) is 6.28. The van der Waals surface area contributed by atoms with Crippen LogP contribution in [0.15, 0.2) is 42.5 Å². The van der Waals surface area contributed by atoms with Crippen LogP contribution in [-0.2, 0) is 7.05 Å². The standard InChI is InChI=1S/C17H19N2S.BrH/c1-12-5-10-15-16(11-12)20-17(19(15)4)13-6-8-14(9-7-13)18(2)3;/h5-11H,1-4H3;1H/q+1;/p-1. The zero-order valence-electron chi connectivity index (χ0n) is 12.7. The lowest BCUT2D eigenvalue weighted by Crippen LogP contribution is -3.00. The summed E-state index contributed by atoms with van der Waals surface area (Å²) in [6.45, 7) is 2.14. The number of hydrogen-bond donors (Lipinski definition) is 0. The predicted octanol–water partition coefficient (Wildman–Crippen LogP) is 0.771. The molecule has 3 rings (SSSR count). The van der Waals surface area contributed by atoms with Crippen LogP contribution in [-0.4, -0.2) is 14.1 Å². The van der Waals surface area contributed by atoms with Gasteiger partial charge < -0.3 is 21.9 Å². The third kappa shape index (κ3) is 2.97. The maximum atomic E-state index is 2.28. The van der Waals surface area contributed by atoms with Crippen molar-refractivity contribution in [3.63, 3.8) is 0 Å². The summed E-state index contributed by atoms with van der Waals surface area (Å²) < 4.78 is 3.63. The average Bonchev–Trinajstić information content (AvgIpc) is 2.75. The molecular weight excluding hydrogens is 344 g/mol.